The maximum absolute atomic E-state index is 14.2. The van der Waals surface area contributed by atoms with Gasteiger partial charge in [0.25, 0.3) is 11.6 Å². The van der Waals surface area contributed by atoms with Gasteiger partial charge in [0, 0.05) is 41.2 Å². The Kier molecular flexibility index (Phi) is 8.45. The molecule has 3 aromatic carbocycles. The molecule has 0 bridgehead atoms. The summed E-state index contributed by atoms with van der Waals surface area (Å²) in [5.41, 5.74) is 2.52. The van der Waals surface area contributed by atoms with E-state index in [2.05, 4.69) is 15.3 Å². The number of hydrogen-bond donors (Lipinski definition) is 4. The molecule has 0 spiro atoms. The number of nitrogens with zero attached hydrogens (tertiary/aromatic N) is 2. The fourth-order valence-corrected chi connectivity index (χ4v) is 6.16. The molecule has 1 aliphatic rings. The number of benzene rings is 3. The number of H-pyrrole nitrogens is 2. The Bertz CT molecular complexity index is 2110. The van der Waals surface area contributed by atoms with E-state index in [1.54, 1.807) is 18.2 Å². The van der Waals surface area contributed by atoms with Gasteiger partial charge in [-0.2, -0.15) is 0 Å². The minimum Gasteiger partial charge on any atom is -0.493 e. The first-order valence-corrected chi connectivity index (χ1v) is 14.9. The Morgan fingerprint density at radius 1 is 1.00 bits per heavy atom. The molecule has 5 aromatic rings. The largest absolute Gasteiger partial charge is 0.493 e. The normalized spacial score (nSPS) is 13.8. The molecule has 0 radical (unpaired) electrons. The standard InChI is InChI=1S/C32H28ClN5O10/c1-45-24-9-16-8-21(34-26(16)29(47-3)28(24)46-2)30(39)37-13-17(12-33)25-19-10-22(31(40)41)35-27(19)20(11-23(25)37)36-32(42)48-14-15-4-6-18(7-5-15)38(43)44/h4-11,17,34-35H,12-14H2,1-3H3,(H,36,42)(H,40,41). The van der Waals surface area contributed by atoms with Crippen molar-refractivity contribution in [3.8, 4) is 17.2 Å². The van der Waals surface area contributed by atoms with Crippen molar-refractivity contribution in [1.82, 2.24) is 9.97 Å². The number of aromatic carboxylic acids is 1. The molecule has 1 unspecified atom stereocenters. The molecular formula is C32H28ClN5O10. The van der Waals surface area contributed by atoms with Crippen LogP contribution < -0.4 is 24.4 Å². The predicted octanol–water partition coefficient (Wildman–Crippen LogP) is 6.01. The van der Waals surface area contributed by atoms with Crippen LogP contribution in [0.25, 0.3) is 21.8 Å². The third-order valence-corrected chi connectivity index (χ3v) is 8.47. The van der Waals surface area contributed by atoms with Crippen LogP contribution in [-0.4, -0.2) is 71.7 Å². The van der Waals surface area contributed by atoms with E-state index in [-0.39, 0.29) is 47.7 Å². The smallest absolute Gasteiger partial charge is 0.412 e. The van der Waals surface area contributed by atoms with E-state index in [0.29, 0.717) is 55.9 Å². The monoisotopic (exact) mass is 677 g/mol. The van der Waals surface area contributed by atoms with Crippen LogP contribution in [0.15, 0.2) is 48.5 Å². The zero-order chi connectivity index (χ0) is 34.3. The number of nitro benzene ring substituents is 1. The third-order valence-electron chi connectivity index (χ3n) is 8.10. The van der Waals surface area contributed by atoms with Crippen LogP contribution in [0.4, 0.5) is 21.9 Å². The number of nitro groups is 1. The summed E-state index contributed by atoms with van der Waals surface area (Å²) in [6, 6.07) is 11.9. The van der Waals surface area contributed by atoms with Gasteiger partial charge in [0.05, 0.1) is 48.7 Å². The fourth-order valence-electron chi connectivity index (χ4n) is 5.91. The molecule has 0 aliphatic carbocycles. The van der Waals surface area contributed by atoms with Gasteiger partial charge in [0.2, 0.25) is 5.75 Å². The zero-order valence-electron chi connectivity index (χ0n) is 25.7. The van der Waals surface area contributed by atoms with Gasteiger partial charge in [0.1, 0.15) is 18.0 Å². The lowest BCUT2D eigenvalue weighted by Crippen LogP contribution is -2.30. The second-order valence-electron chi connectivity index (χ2n) is 10.8. The van der Waals surface area contributed by atoms with Crippen LogP contribution in [0.5, 0.6) is 17.2 Å². The van der Waals surface area contributed by atoms with Crippen LogP contribution in [0.2, 0.25) is 0 Å². The van der Waals surface area contributed by atoms with Gasteiger partial charge in [-0.05, 0) is 47.5 Å². The molecule has 4 N–H and O–H groups in total. The highest BCUT2D eigenvalue weighted by molar-refractivity contribution is 6.20. The number of methoxy groups -OCH3 is 3. The average molecular weight is 678 g/mol. The number of ether oxygens (including phenoxy) is 4. The SMILES string of the molecule is COc1cc2cc(C(=O)N3CC(CCl)c4c3cc(NC(=O)OCc3ccc([N+](=O)[O-])cc3)c3[nH]c(C(=O)O)cc43)[nH]c2c(OC)c1OC. The Morgan fingerprint density at radius 2 is 1.71 bits per heavy atom. The molecule has 15 nitrogen and oxygen atoms in total. The number of halogens is 1. The van der Waals surface area contributed by atoms with Crippen molar-refractivity contribution < 1.29 is 43.4 Å². The van der Waals surface area contributed by atoms with E-state index in [1.165, 1.54) is 56.6 Å². The number of amides is 2. The van der Waals surface area contributed by atoms with E-state index in [1.807, 2.05) is 0 Å². The molecular weight excluding hydrogens is 650 g/mol. The number of fused-ring (bicyclic) bond motifs is 4. The van der Waals surface area contributed by atoms with Gasteiger partial charge in [-0.1, -0.05) is 0 Å². The number of carboxylic acids is 1. The van der Waals surface area contributed by atoms with Crippen molar-refractivity contribution in [3.63, 3.8) is 0 Å². The van der Waals surface area contributed by atoms with E-state index >= 15 is 0 Å². The molecule has 2 aromatic heterocycles. The third kappa shape index (κ3) is 5.53. The summed E-state index contributed by atoms with van der Waals surface area (Å²) in [7, 11) is 4.44. The van der Waals surface area contributed by atoms with Crippen LogP contribution in [-0.2, 0) is 11.3 Å². The van der Waals surface area contributed by atoms with Crippen LogP contribution >= 0.6 is 11.6 Å². The van der Waals surface area contributed by atoms with Gasteiger partial charge >= 0.3 is 12.1 Å². The van der Waals surface area contributed by atoms with Crippen molar-refractivity contribution in [3.05, 3.63) is 81.2 Å². The Hall–Kier alpha value is -5.96. The summed E-state index contributed by atoms with van der Waals surface area (Å²) in [5.74, 6) is -0.777. The number of carboxylic acid groups (broad SMARTS) is 1. The number of aromatic amines is 2. The maximum atomic E-state index is 14.2. The highest BCUT2D eigenvalue weighted by Gasteiger charge is 2.37. The van der Waals surface area contributed by atoms with Gasteiger partial charge in [-0.25, -0.2) is 9.59 Å². The molecule has 16 heteroatoms. The summed E-state index contributed by atoms with van der Waals surface area (Å²) in [4.78, 5) is 56.9. The van der Waals surface area contributed by atoms with Crippen molar-refractivity contribution >= 4 is 68.4 Å². The summed E-state index contributed by atoms with van der Waals surface area (Å²) < 4.78 is 21.8. The maximum Gasteiger partial charge on any atom is 0.412 e. The number of aromatic nitrogens is 2. The first kappa shape index (κ1) is 32.0. The molecule has 48 heavy (non-hydrogen) atoms. The van der Waals surface area contributed by atoms with Gasteiger partial charge < -0.3 is 38.9 Å². The Labute approximate surface area is 276 Å². The van der Waals surface area contributed by atoms with E-state index < -0.39 is 22.9 Å². The lowest BCUT2D eigenvalue weighted by Gasteiger charge is -2.18. The lowest BCUT2D eigenvalue weighted by molar-refractivity contribution is -0.384. The number of carbonyl (C=O) groups is 3. The van der Waals surface area contributed by atoms with E-state index in [0.717, 1.165) is 0 Å². The molecule has 6 rings (SSSR count). The van der Waals surface area contributed by atoms with Gasteiger partial charge in [0.15, 0.2) is 11.5 Å². The average Bonchev–Trinajstić information content (AvgIpc) is 3.81. The molecule has 0 saturated carbocycles. The van der Waals surface area contributed by atoms with Crippen LogP contribution in [0.1, 0.15) is 38.0 Å². The summed E-state index contributed by atoms with van der Waals surface area (Å²) in [6.07, 6.45) is -0.878. The molecule has 2 amide bonds. The number of carbonyl (C=O) groups excluding carboxylic acids is 2. The number of rotatable bonds is 10. The Balaban J connectivity index is 1.37. The number of non-ortho nitro benzene ring substituents is 1. The number of hydrogen-bond acceptors (Lipinski definition) is 9. The number of nitrogens with one attached hydrogen (secondary N) is 3. The zero-order valence-corrected chi connectivity index (χ0v) is 26.5. The first-order chi connectivity index (χ1) is 23.1. The van der Waals surface area contributed by atoms with Crippen molar-refractivity contribution in [2.24, 2.45) is 0 Å². The number of anilines is 2. The summed E-state index contributed by atoms with van der Waals surface area (Å²) >= 11 is 6.40. The molecule has 248 valence electrons. The molecule has 0 fully saturated rings. The van der Waals surface area contributed by atoms with Crippen molar-refractivity contribution in [1.29, 1.82) is 0 Å². The molecule has 1 aliphatic heterocycles. The molecule has 1 atom stereocenters. The van der Waals surface area contributed by atoms with Crippen LogP contribution in [0.3, 0.4) is 0 Å². The van der Waals surface area contributed by atoms with Crippen LogP contribution in [0, 0.1) is 10.1 Å². The minimum atomic E-state index is -1.22. The number of alkyl halides is 1. The highest BCUT2D eigenvalue weighted by atomic mass is 35.5. The van der Waals surface area contributed by atoms with Gasteiger partial charge in [-0.3, -0.25) is 20.2 Å². The quantitative estimate of drug-likeness (QED) is 0.0771. The van der Waals surface area contributed by atoms with Gasteiger partial charge in [-0.15, -0.1) is 11.6 Å². The predicted molar refractivity (Wildman–Crippen MR) is 175 cm³/mol. The van der Waals surface area contributed by atoms with E-state index in [4.69, 9.17) is 30.5 Å². The second kappa shape index (κ2) is 12.7. The lowest BCUT2D eigenvalue weighted by atomic mass is 9.98. The Morgan fingerprint density at radius 3 is 2.33 bits per heavy atom. The highest BCUT2D eigenvalue weighted by Crippen LogP contribution is 2.47. The minimum absolute atomic E-state index is 0.106. The second-order valence-corrected chi connectivity index (χ2v) is 11.1. The summed E-state index contributed by atoms with van der Waals surface area (Å²) in [6.45, 7) is -0.0189. The summed E-state index contributed by atoms with van der Waals surface area (Å²) in [5, 5.41) is 24.4. The van der Waals surface area contributed by atoms with E-state index in [9.17, 15) is 29.6 Å². The van der Waals surface area contributed by atoms with Crippen molar-refractivity contribution in [2.75, 3.05) is 44.0 Å². The topological polar surface area (TPSA) is 198 Å². The fraction of sp³-hybridized carbons (Fsp3) is 0.219. The molecule has 0 saturated heterocycles. The van der Waals surface area contributed by atoms with Crippen molar-refractivity contribution in [2.45, 2.75) is 12.5 Å². The molecule has 3 heterocycles. The first-order valence-electron chi connectivity index (χ1n) is 14.4.